The van der Waals surface area contributed by atoms with Gasteiger partial charge in [0.05, 0.1) is 21.0 Å². The summed E-state index contributed by atoms with van der Waals surface area (Å²) >= 11 is 5.96. The van der Waals surface area contributed by atoms with Crippen molar-refractivity contribution in [3.05, 3.63) is 52.5 Å². The second-order valence-electron chi connectivity index (χ2n) is 6.62. The molecular formula is C19H17ClF6N2O4S. The lowest BCUT2D eigenvalue weighted by Gasteiger charge is -2.15. The zero-order valence-corrected chi connectivity index (χ0v) is 18.3. The summed E-state index contributed by atoms with van der Waals surface area (Å²) in [5, 5.41) is 1.72. The monoisotopic (exact) mass is 518 g/mol. The van der Waals surface area contributed by atoms with Crippen molar-refractivity contribution in [1.82, 2.24) is 4.72 Å². The molecule has 0 fully saturated rings. The molecule has 0 aliphatic rings. The van der Waals surface area contributed by atoms with Gasteiger partial charge >= 0.3 is 12.4 Å². The Labute approximate surface area is 189 Å². The van der Waals surface area contributed by atoms with Crippen LogP contribution in [-0.2, 0) is 27.2 Å². The van der Waals surface area contributed by atoms with Gasteiger partial charge < -0.3 is 10.1 Å². The fourth-order valence-corrected chi connectivity index (χ4v) is 3.91. The summed E-state index contributed by atoms with van der Waals surface area (Å²) < 4.78 is 109. The van der Waals surface area contributed by atoms with Crippen LogP contribution >= 0.6 is 11.6 Å². The van der Waals surface area contributed by atoms with Gasteiger partial charge in [-0.25, -0.2) is 13.1 Å². The number of ether oxygens (including phenoxy) is 1. The summed E-state index contributed by atoms with van der Waals surface area (Å²) in [4.78, 5) is 11.9. The van der Waals surface area contributed by atoms with E-state index in [4.69, 9.17) is 16.3 Å². The van der Waals surface area contributed by atoms with Crippen molar-refractivity contribution in [3.8, 4) is 5.75 Å². The summed E-state index contributed by atoms with van der Waals surface area (Å²) in [6, 6.07) is 4.00. The number of sulfonamides is 1. The highest BCUT2D eigenvalue weighted by Crippen LogP contribution is 2.37. The molecule has 14 heteroatoms. The third-order valence-corrected chi connectivity index (χ3v) is 5.74. The maximum Gasteiger partial charge on any atom is 0.416 e. The van der Waals surface area contributed by atoms with E-state index in [9.17, 15) is 39.6 Å². The minimum atomic E-state index is -5.07. The van der Waals surface area contributed by atoms with Crippen LogP contribution in [0.3, 0.4) is 0 Å². The van der Waals surface area contributed by atoms with Gasteiger partial charge in [0, 0.05) is 12.2 Å². The topological polar surface area (TPSA) is 84.5 Å². The number of hydrogen-bond donors (Lipinski definition) is 2. The predicted octanol–water partition coefficient (Wildman–Crippen LogP) is 5.08. The Hall–Kier alpha value is -2.51. The first-order chi connectivity index (χ1) is 15.1. The molecular weight excluding hydrogens is 502 g/mol. The molecule has 0 aliphatic carbocycles. The van der Waals surface area contributed by atoms with E-state index in [-0.39, 0.29) is 28.3 Å². The van der Waals surface area contributed by atoms with Crippen molar-refractivity contribution in [2.24, 2.45) is 0 Å². The Bertz CT molecular complexity index is 1090. The number of rotatable bonds is 8. The Kier molecular flexibility index (Phi) is 8.25. The molecule has 33 heavy (non-hydrogen) atoms. The largest absolute Gasteiger partial charge is 0.482 e. The van der Waals surface area contributed by atoms with Crippen LogP contribution in [0.4, 0.5) is 32.0 Å². The molecule has 2 aromatic carbocycles. The van der Waals surface area contributed by atoms with Crippen LogP contribution in [0.15, 0.2) is 41.3 Å². The van der Waals surface area contributed by atoms with Gasteiger partial charge in [0.25, 0.3) is 5.91 Å². The molecule has 0 aliphatic heterocycles. The van der Waals surface area contributed by atoms with E-state index in [1.165, 1.54) is 0 Å². The number of anilines is 1. The van der Waals surface area contributed by atoms with E-state index in [0.717, 1.165) is 18.2 Å². The Morgan fingerprint density at radius 3 is 2.06 bits per heavy atom. The number of alkyl halides is 6. The number of halogens is 7. The van der Waals surface area contributed by atoms with Gasteiger partial charge in [0.1, 0.15) is 5.75 Å². The van der Waals surface area contributed by atoms with Gasteiger partial charge in [-0.1, -0.05) is 18.5 Å². The smallest absolute Gasteiger partial charge is 0.416 e. The summed E-state index contributed by atoms with van der Waals surface area (Å²) in [6.07, 6.45) is -9.59. The van der Waals surface area contributed by atoms with Gasteiger partial charge in [0.15, 0.2) is 6.61 Å². The summed E-state index contributed by atoms with van der Waals surface area (Å²) in [7, 11) is -3.82. The van der Waals surface area contributed by atoms with Crippen molar-refractivity contribution in [2.45, 2.75) is 30.6 Å². The average molecular weight is 519 g/mol. The molecule has 2 aromatic rings. The van der Waals surface area contributed by atoms with Crippen molar-refractivity contribution >= 4 is 33.2 Å². The Morgan fingerprint density at radius 1 is 1.00 bits per heavy atom. The number of carbonyl (C=O) groups excluding carboxylic acids is 1. The third kappa shape index (κ3) is 7.51. The van der Waals surface area contributed by atoms with Gasteiger partial charge in [-0.3, -0.25) is 4.79 Å². The highest BCUT2D eigenvalue weighted by Gasteiger charge is 2.37. The molecule has 0 aromatic heterocycles. The fourth-order valence-electron chi connectivity index (χ4n) is 2.45. The highest BCUT2D eigenvalue weighted by molar-refractivity contribution is 7.89. The Morgan fingerprint density at radius 2 is 1.58 bits per heavy atom. The second-order valence-corrected chi connectivity index (χ2v) is 8.80. The Balaban J connectivity index is 2.13. The highest BCUT2D eigenvalue weighted by atomic mass is 35.5. The lowest BCUT2D eigenvalue weighted by molar-refractivity contribution is -0.143. The molecule has 0 atom stereocenters. The lowest BCUT2D eigenvalue weighted by atomic mass is 10.1. The quantitative estimate of drug-likeness (QED) is 0.477. The summed E-state index contributed by atoms with van der Waals surface area (Å²) in [6.45, 7) is 1.14. The first kappa shape index (κ1) is 26.7. The number of carbonyl (C=O) groups is 1. The molecule has 0 bridgehead atoms. The SMILES string of the molecule is CCCNS(=O)(=O)c1ccc(OCC(=O)Nc2cc(C(F)(F)F)cc(C(F)(F)F)c2)c(Cl)c1. The normalized spacial score (nSPS) is 12.5. The van der Waals surface area contributed by atoms with Gasteiger partial charge in [-0.2, -0.15) is 26.3 Å². The molecule has 2 rings (SSSR count). The third-order valence-electron chi connectivity index (χ3n) is 3.99. The van der Waals surface area contributed by atoms with E-state index in [1.807, 2.05) is 5.32 Å². The zero-order chi connectivity index (χ0) is 25.0. The molecule has 0 saturated heterocycles. The van der Waals surface area contributed by atoms with Crippen LogP contribution in [0.25, 0.3) is 0 Å². The van der Waals surface area contributed by atoms with Crippen LogP contribution < -0.4 is 14.8 Å². The van der Waals surface area contributed by atoms with Gasteiger partial charge in [-0.15, -0.1) is 0 Å². The molecule has 6 nitrogen and oxygen atoms in total. The molecule has 0 unspecified atom stereocenters. The fraction of sp³-hybridized carbons (Fsp3) is 0.316. The minimum absolute atomic E-state index is 0.0725. The molecule has 0 radical (unpaired) electrons. The van der Waals surface area contributed by atoms with Crippen molar-refractivity contribution in [2.75, 3.05) is 18.5 Å². The number of hydrogen-bond acceptors (Lipinski definition) is 4. The zero-order valence-electron chi connectivity index (χ0n) is 16.8. The van der Waals surface area contributed by atoms with E-state index >= 15 is 0 Å². The molecule has 1 amide bonds. The first-order valence-corrected chi connectivity index (χ1v) is 11.0. The van der Waals surface area contributed by atoms with Crippen LogP contribution in [0, 0.1) is 0 Å². The van der Waals surface area contributed by atoms with Gasteiger partial charge in [0.2, 0.25) is 10.0 Å². The van der Waals surface area contributed by atoms with Crippen molar-refractivity contribution in [1.29, 1.82) is 0 Å². The van der Waals surface area contributed by atoms with E-state index in [2.05, 4.69) is 4.72 Å². The second kappa shape index (κ2) is 10.2. The minimum Gasteiger partial charge on any atom is -0.482 e. The van der Waals surface area contributed by atoms with Crippen LogP contribution in [-0.4, -0.2) is 27.5 Å². The van der Waals surface area contributed by atoms with E-state index in [1.54, 1.807) is 6.92 Å². The number of nitrogens with one attached hydrogen (secondary N) is 2. The standard InChI is InChI=1S/C19H17ClF6N2O4S/c1-2-5-27-33(30,31)14-3-4-16(15(20)9-14)32-10-17(29)28-13-7-11(18(21,22)23)6-12(8-13)19(24,25)26/h3-4,6-9,27H,2,5,10H2,1H3,(H,28,29). The average Bonchev–Trinajstić information content (AvgIpc) is 2.69. The van der Waals surface area contributed by atoms with E-state index < -0.39 is 51.7 Å². The maximum absolute atomic E-state index is 12.9. The maximum atomic E-state index is 12.9. The summed E-state index contributed by atoms with van der Waals surface area (Å²) in [5.41, 5.74) is -3.92. The van der Waals surface area contributed by atoms with Crippen molar-refractivity contribution in [3.63, 3.8) is 0 Å². The van der Waals surface area contributed by atoms with E-state index in [0.29, 0.717) is 18.6 Å². The van der Waals surface area contributed by atoms with Gasteiger partial charge in [-0.05, 0) is 42.8 Å². The molecule has 0 heterocycles. The van der Waals surface area contributed by atoms with Crippen LogP contribution in [0.5, 0.6) is 5.75 Å². The number of benzene rings is 2. The molecule has 0 saturated carbocycles. The molecule has 182 valence electrons. The molecule has 0 spiro atoms. The van der Waals surface area contributed by atoms with Crippen molar-refractivity contribution < 1.29 is 44.3 Å². The van der Waals surface area contributed by atoms with Crippen LogP contribution in [0.1, 0.15) is 24.5 Å². The summed E-state index contributed by atoms with van der Waals surface area (Å²) in [5.74, 6) is -1.19. The molecule has 2 N–H and O–H groups in total. The first-order valence-electron chi connectivity index (χ1n) is 9.15. The predicted molar refractivity (Wildman–Crippen MR) is 108 cm³/mol. The lowest BCUT2D eigenvalue weighted by Crippen LogP contribution is -2.24. The number of amides is 1. The van der Waals surface area contributed by atoms with Crippen LogP contribution in [0.2, 0.25) is 5.02 Å².